The van der Waals surface area contributed by atoms with E-state index in [1.54, 1.807) is 0 Å². The van der Waals surface area contributed by atoms with Gasteiger partial charge in [-0.2, -0.15) is 13.2 Å². The number of benzene rings is 1. The molecule has 0 bridgehead atoms. The first-order chi connectivity index (χ1) is 12.2. The van der Waals surface area contributed by atoms with E-state index in [-0.39, 0.29) is 16.4 Å². The first-order valence-electron chi connectivity index (χ1n) is 8.29. The highest BCUT2D eigenvalue weighted by Crippen LogP contribution is 2.40. The lowest BCUT2D eigenvalue weighted by atomic mass is 9.78. The molecule has 0 aliphatic carbocycles. The van der Waals surface area contributed by atoms with Crippen LogP contribution < -0.4 is 0 Å². The average Bonchev–Trinajstić information content (AvgIpc) is 2.71. The maximum absolute atomic E-state index is 13.4. The first-order valence-corrected chi connectivity index (χ1v) is 9.28. The third-order valence-electron chi connectivity index (χ3n) is 4.66. The molecule has 0 atom stereocenters. The van der Waals surface area contributed by atoms with Gasteiger partial charge in [0.2, 0.25) is 0 Å². The van der Waals surface area contributed by atoms with Crippen molar-refractivity contribution in [1.29, 1.82) is 0 Å². The van der Waals surface area contributed by atoms with Crippen LogP contribution in [0.5, 0.6) is 0 Å². The molecule has 1 fully saturated rings. The van der Waals surface area contributed by atoms with Gasteiger partial charge in [-0.25, -0.2) is 4.39 Å². The second-order valence-electron chi connectivity index (χ2n) is 7.32. The minimum Gasteiger partial charge on any atom is -0.400 e. The molecule has 3 nitrogen and oxygen atoms in total. The second kappa shape index (κ2) is 7.60. The number of thioether (sulfide) groups is 1. The van der Waals surface area contributed by atoms with E-state index in [2.05, 4.69) is 0 Å². The van der Waals surface area contributed by atoms with E-state index in [0.29, 0.717) is 11.5 Å². The summed E-state index contributed by atoms with van der Waals surface area (Å²) in [7, 11) is -0.909. The Hall–Kier alpha value is -1.32. The van der Waals surface area contributed by atoms with E-state index < -0.39 is 35.9 Å². The molecule has 1 aromatic carbocycles. The molecule has 0 spiro atoms. The summed E-state index contributed by atoms with van der Waals surface area (Å²) in [6.07, 6.45) is -3.46. The van der Waals surface area contributed by atoms with Crippen molar-refractivity contribution in [1.82, 2.24) is 0 Å². The second-order valence-corrected chi connectivity index (χ2v) is 8.47. The van der Waals surface area contributed by atoms with Gasteiger partial charge in [-0.05, 0) is 50.9 Å². The molecular weight excluding hydrogens is 383 g/mol. The quantitative estimate of drug-likeness (QED) is 0.515. The van der Waals surface area contributed by atoms with Gasteiger partial charge in [-0.1, -0.05) is 23.9 Å². The van der Waals surface area contributed by atoms with Crippen LogP contribution in [0.1, 0.15) is 45.7 Å². The van der Waals surface area contributed by atoms with E-state index >= 15 is 0 Å². The number of rotatable bonds is 4. The summed E-state index contributed by atoms with van der Waals surface area (Å²) in [5.74, 6) is -0.879. The molecule has 0 N–H and O–H groups in total. The fraction of sp³-hybridized carbons (Fsp3) is 0.500. The van der Waals surface area contributed by atoms with Crippen LogP contribution in [0.3, 0.4) is 0 Å². The maximum Gasteiger partial charge on any atom is 0.491 e. The Morgan fingerprint density at radius 1 is 1.19 bits per heavy atom. The number of alkyl halides is 3. The largest absolute Gasteiger partial charge is 0.491 e. The normalized spacial score (nSPS) is 19.4. The molecule has 27 heavy (non-hydrogen) atoms. The van der Waals surface area contributed by atoms with Gasteiger partial charge in [-0.15, -0.1) is 0 Å². The molecule has 1 aromatic rings. The molecule has 0 unspecified atom stereocenters. The van der Waals surface area contributed by atoms with Crippen molar-refractivity contribution >= 4 is 30.1 Å². The van der Waals surface area contributed by atoms with E-state index in [9.17, 15) is 22.4 Å². The van der Waals surface area contributed by atoms with E-state index in [1.807, 2.05) is 27.7 Å². The Morgan fingerprint density at radius 3 is 2.22 bits per heavy atom. The zero-order chi connectivity index (χ0) is 20.6. The highest BCUT2D eigenvalue weighted by atomic mass is 32.2. The lowest BCUT2D eigenvalue weighted by Crippen LogP contribution is -2.41. The summed E-state index contributed by atoms with van der Waals surface area (Å²) in [5, 5.41) is -0.187. The van der Waals surface area contributed by atoms with Crippen molar-refractivity contribution < 1.29 is 31.7 Å². The summed E-state index contributed by atoms with van der Waals surface area (Å²) < 4.78 is 65.1. The summed E-state index contributed by atoms with van der Waals surface area (Å²) >= 11 is 0.940. The number of carbonyl (C=O) groups excluding carboxylic acids is 1. The van der Waals surface area contributed by atoms with Gasteiger partial charge < -0.3 is 9.31 Å². The lowest BCUT2D eigenvalue weighted by molar-refractivity contribution is -0.137. The molecule has 0 aromatic heterocycles. The average molecular weight is 404 g/mol. The van der Waals surface area contributed by atoms with E-state index in [4.69, 9.17) is 9.31 Å². The fourth-order valence-electron chi connectivity index (χ4n) is 2.46. The molecule has 2 rings (SSSR count). The Kier molecular flexibility index (Phi) is 6.19. The summed E-state index contributed by atoms with van der Waals surface area (Å²) in [6.45, 7) is 8.65. The van der Waals surface area contributed by atoms with Gasteiger partial charge in [0.05, 0.1) is 16.8 Å². The molecule has 0 radical (unpaired) electrons. The van der Waals surface area contributed by atoms with Gasteiger partial charge in [-0.3, -0.25) is 4.79 Å². The molecule has 1 aliphatic rings. The van der Waals surface area contributed by atoms with Crippen molar-refractivity contribution in [2.75, 3.05) is 5.75 Å². The minimum absolute atomic E-state index is 0.0980. The Balaban J connectivity index is 2.48. The molecule has 9 heteroatoms. The maximum atomic E-state index is 13.4. The minimum atomic E-state index is -4.72. The predicted molar refractivity (Wildman–Crippen MR) is 98.6 cm³/mol. The summed E-state index contributed by atoms with van der Waals surface area (Å²) in [4.78, 5) is 11.4. The summed E-state index contributed by atoms with van der Waals surface area (Å²) in [6, 6.07) is 2.47. The van der Waals surface area contributed by atoms with Crippen LogP contribution in [-0.2, 0) is 20.3 Å². The van der Waals surface area contributed by atoms with Crippen LogP contribution in [0.25, 0.3) is 6.08 Å². The third kappa shape index (κ3) is 5.15. The van der Waals surface area contributed by atoms with Crippen LogP contribution in [0.2, 0.25) is 0 Å². The van der Waals surface area contributed by atoms with Gasteiger partial charge in [0, 0.05) is 12.7 Å². The Bertz CT molecular complexity index is 743. The topological polar surface area (TPSA) is 35.5 Å². The number of hydrogen-bond donors (Lipinski definition) is 0. The molecule has 0 amide bonds. The van der Waals surface area contributed by atoms with Crippen LogP contribution in [0.15, 0.2) is 23.7 Å². The van der Waals surface area contributed by atoms with Crippen LogP contribution in [0, 0.1) is 5.82 Å². The van der Waals surface area contributed by atoms with Gasteiger partial charge in [0.15, 0.2) is 5.12 Å². The first kappa shape index (κ1) is 22.0. The molecule has 1 aliphatic heterocycles. The van der Waals surface area contributed by atoms with E-state index in [1.165, 1.54) is 13.0 Å². The summed E-state index contributed by atoms with van der Waals surface area (Å²) in [5.41, 5.74) is -2.31. The lowest BCUT2D eigenvalue weighted by Gasteiger charge is -2.32. The third-order valence-corrected chi connectivity index (χ3v) is 5.54. The van der Waals surface area contributed by atoms with Gasteiger partial charge in [0.1, 0.15) is 5.82 Å². The highest BCUT2D eigenvalue weighted by Gasteiger charge is 2.52. The Morgan fingerprint density at radius 2 is 1.74 bits per heavy atom. The molecule has 1 heterocycles. The zero-order valence-electron chi connectivity index (χ0n) is 15.7. The van der Waals surface area contributed by atoms with Crippen LogP contribution in [0.4, 0.5) is 17.6 Å². The van der Waals surface area contributed by atoms with Crippen molar-refractivity contribution in [3.8, 4) is 0 Å². The monoisotopic (exact) mass is 404 g/mol. The van der Waals surface area contributed by atoms with Crippen molar-refractivity contribution in [2.24, 2.45) is 0 Å². The molecule has 1 saturated heterocycles. The van der Waals surface area contributed by atoms with Gasteiger partial charge in [0.25, 0.3) is 0 Å². The molecule has 148 valence electrons. The SMILES string of the molecule is CC(=O)SCC(=Cc1ccc(F)cc1C(F)(F)F)B1OC(C)(C)C(C)(C)O1. The van der Waals surface area contributed by atoms with Crippen LogP contribution >= 0.6 is 11.8 Å². The highest BCUT2D eigenvalue weighted by molar-refractivity contribution is 8.13. The van der Waals surface area contributed by atoms with E-state index in [0.717, 1.165) is 23.9 Å². The number of carbonyl (C=O) groups is 1. The predicted octanol–water partition coefficient (Wildman–Crippen LogP) is 5.14. The molecular formula is C18H21BF4O3S. The van der Waals surface area contributed by atoms with Crippen LogP contribution in [-0.4, -0.2) is 29.2 Å². The zero-order valence-corrected chi connectivity index (χ0v) is 16.6. The molecule has 0 saturated carbocycles. The van der Waals surface area contributed by atoms with Crippen molar-refractivity contribution in [3.63, 3.8) is 0 Å². The Labute approximate surface area is 160 Å². The number of hydrogen-bond acceptors (Lipinski definition) is 4. The van der Waals surface area contributed by atoms with Gasteiger partial charge >= 0.3 is 13.3 Å². The fourth-order valence-corrected chi connectivity index (χ4v) is 3.05. The van der Waals surface area contributed by atoms with Crippen molar-refractivity contribution in [3.05, 3.63) is 40.6 Å². The smallest absolute Gasteiger partial charge is 0.400 e. The number of halogens is 4. The standard InChI is InChI=1S/C18H21BF4O3S/c1-11(24)27-10-13(19-25-16(2,3)17(4,5)26-19)8-12-6-7-14(20)9-15(12)18(21,22)23/h6-9H,10H2,1-5H3. The van der Waals surface area contributed by atoms with Crippen molar-refractivity contribution in [2.45, 2.75) is 52.0 Å².